The highest BCUT2D eigenvalue weighted by atomic mass is 16.5. The van der Waals surface area contributed by atoms with Crippen LogP contribution in [0.1, 0.15) is 19.8 Å². The van der Waals surface area contributed by atoms with E-state index in [0.717, 1.165) is 32.2 Å². The van der Waals surface area contributed by atoms with Crippen LogP contribution >= 0.6 is 0 Å². The van der Waals surface area contributed by atoms with Gasteiger partial charge in [-0.1, -0.05) is 5.92 Å². The highest BCUT2D eigenvalue weighted by Crippen LogP contribution is 2.12. The Labute approximate surface area is 74.7 Å². The molecule has 0 saturated carbocycles. The molecule has 12 heavy (non-hydrogen) atoms. The van der Waals surface area contributed by atoms with E-state index in [1.54, 1.807) is 0 Å². The molecule has 0 bridgehead atoms. The lowest BCUT2D eigenvalue weighted by Gasteiger charge is -2.21. The van der Waals surface area contributed by atoms with Crippen molar-refractivity contribution in [2.75, 3.05) is 26.3 Å². The molecule has 0 unspecified atom stereocenters. The number of nitrogens with one attached hydrogen (secondary N) is 1. The van der Waals surface area contributed by atoms with E-state index >= 15 is 0 Å². The Morgan fingerprint density at radius 2 is 2.17 bits per heavy atom. The molecule has 1 aliphatic heterocycles. The van der Waals surface area contributed by atoms with Gasteiger partial charge in [-0.15, -0.1) is 5.92 Å². The second-order valence-electron chi connectivity index (χ2n) is 3.11. The van der Waals surface area contributed by atoms with Crippen molar-refractivity contribution in [2.45, 2.75) is 19.8 Å². The van der Waals surface area contributed by atoms with Crippen LogP contribution in [-0.4, -0.2) is 26.3 Å². The summed E-state index contributed by atoms with van der Waals surface area (Å²) < 4.78 is 5.27. The van der Waals surface area contributed by atoms with Crippen molar-refractivity contribution in [1.82, 2.24) is 5.32 Å². The van der Waals surface area contributed by atoms with Gasteiger partial charge in [-0.25, -0.2) is 0 Å². The normalized spacial score (nSPS) is 18.4. The maximum Gasteiger partial charge on any atom is 0.0576 e. The monoisotopic (exact) mass is 167 g/mol. The fourth-order valence-electron chi connectivity index (χ4n) is 1.38. The lowest BCUT2D eigenvalue weighted by Crippen LogP contribution is -2.27. The minimum Gasteiger partial charge on any atom is -0.381 e. The molecular weight excluding hydrogens is 150 g/mol. The number of hydrogen-bond acceptors (Lipinski definition) is 2. The summed E-state index contributed by atoms with van der Waals surface area (Å²) in [4.78, 5) is 0. The first-order valence-electron chi connectivity index (χ1n) is 4.61. The highest BCUT2D eigenvalue weighted by Gasteiger charge is 2.12. The summed E-state index contributed by atoms with van der Waals surface area (Å²) in [6, 6.07) is 0. The topological polar surface area (TPSA) is 21.3 Å². The van der Waals surface area contributed by atoms with Crippen LogP contribution in [0.2, 0.25) is 0 Å². The van der Waals surface area contributed by atoms with Gasteiger partial charge in [0.1, 0.15) is 0 Å². The zero-order chi connectivity index (χ0) is 8.65. The number of ether oxygens (including phenoxy) is 1. The predicted octanol–water partition coefficient (Wildman–Crippen LogP) is 1.03. The van der Waals surface area contributed by atoms with Gasteiger partial charge in [0.2, 0.25) is 0 Å². The molecule has 68 valence electrons. The molecule has 0 amide bonds. The van der Waals surface area contributed by atoms with Gasteiger partial charge in [0.25, 0.3) is 0 Å². The summed E-state index contributed by atoms with van der Waals surface area (Å²) in [6.45, 7) is 5.67. The molecule has 1 saturated heterocycles. The van der Waals surface area contributed by atoms with Crippen molar-refractivity contribution >= 4 is 0 Å². The van der Waals surface area contributed by atoms with E-state index in [-0.39, 0.29) is 0 Å². The molecule has 0 spiro atoms. The Bertz CT molecular complexity index is 162. The molecule has 0 atom stereocenters. The molecule has 1 aliphatic rings. The van der Waals surface area contributed by atoms with Crippen molar-refractivity contribution < 1.29 is 4.74 Å². The first-order chi connectivity index (χ1) is 5.93. The molecule has 0 radical (unpaired) electrons. The number of hydrogen-bond donors (Lipinski definition) is 1. The first-order valence-corrected chi connectivity index (χ1v) is 4.61. The summed E-state index contributed by atoms with van der Waals surface area (Å²) in [5, 5.41) is 3.33. The minimum absolute atomic E-state index is 0.803. The van der Waals surface area contributed by atoms with E-state index < -0.39 is 0 Å². The van der Waals surface area contributed by atoms with E-state index in [1.807, 2.05) is 6.92 Å². The molecule has 0 aromatic carbocycles. The summed E-state index contributed by atoms with van der Waals surface area (Å²) in [5.74, 6) is 6.67. The lowest BCUT2D eigenvalue weighted by molar-refractivity contribution is 0.0666. The zero-order valence-corrected chi connectivity index (χ0v) is 7.73. The molecule has 1 N–H and O–H groups in total. The van der Waals surface area contributed by atoms with Gasteiger partial charge in [0.05, 0.1) is 6.54 Å². The average molecular weight is 167 g/mol. The Morgan fingerprint density at radius 3 is 2.83 bits per heavy atom. The van der Waals surface area contributed by atoms with E-state index in [9.17, 15) is 0 Å². The molecule has 1 heterocycles. The van der Waals surface area contributed by atoms with Gasteiger partial charge in [0.15, 0.2) is 0 Å². The molecule has 0 aromatic heterocycles. The standard InChI is InChI=1S/C10H17NO/c1-2-3-6-11-9-10-4-7-12-8-5-10/h10-11H,4-9H2,1H3. The smallest absolute Gasteiger partial charge is 0.0576 e. The van der Waals surface area contributed by atoms with E-state index in [4.69, 9.17) is 4.74 Å². The summed E-state index contributed by atoms with van der Waals surface area (Å²) in [7, 11) is 0. The van der Waals surface area contributed by atoms with Crippen LogP contribution in [0, 0.1) is 17.8 Å². The van der Waals surface area contributed by atoms with E-state index in [1.165, 1.54) is 12.8 Å². The number of rotatable bonds is 3. The van der Waals surface area contributed by atoms with Crippen LogP contribution in [-0.2, 0) is 4.74 Å². The van der Waals surface area contributed by atoms with Gasteiger partial charge in [-0.3, -0.25) is 0 Å². The van der Waals surface area contributed by atoms with Crippen LogP contribution < -0.4 is 5.32 Å². The third-order valence-electron chi connectivity index (χ3n) is 2.16. The Balaban J connectivity index is 2.00. The summed E-state index contributed by atoms with van der Waals surface area (Å²) >= 11 is 0. The molecule has 1 fully saturated rings. The fourth-order valence-corrected chi connectivity index (χ4v) is 1.38. The van der Waals surface area contributed by atoms with Crippen molar-refractivity contribution in [3.63, 3.8) is 0 Å². The lowest BCUT2D eigenvalue weighted by atomic mass is 10.0. The molecular formula is C10H17NO. The maximum atomic E-state index is 5.27. The van der Waals surface area contributed by atoms with Crippen LogP contribution in [0.15, 0.2) is 0 Å². The Morgan fingerprint density at radius 1 is 1.42 bits per heavy atom. The summed E-state index contributed by atoms with van der Waals surface area (Å²) in [6.07, 6.45) is 2.40. The van der Waals surface area contributed by atoms with Crippen LogP contribution in [0.4, 0.5) is 0 Å². The third-order valence-corrected chi connectivity index (χ3v) is 2.16. The van der Waals surface area contributed by atoms with Gasteiger partial charge in [-0.2, -0.15) is 0 Å². The van der Waals surface area contributed by atoms with Gasteiger partial charge < -0.3 is 10.1 Å². The SMILES string of the molecule is CC#CCNCC1CCOCC1. The largest absolute Gasteiger partial charge is 0.381 e. The van der Waals surface area contributed by atoms with E-state index in [0.29, 0.717) is 0 Å². The van der Waals surface area contributed by atoms with Gasteiger partial charge >= 0.3 is 0 Å². The molecule has 2 heteroatoms. The molecule has 0 aromatic rings. The molecule has 1 rings (SSSR count). The quantitative estimate of drug-likeness (QED) is 0.500. The molecule has 0 aliphatic carbocycles. The van der Waals surface area contributed by atoms with Crippen LogP contribution in [0.5, 0.6) is 0 Å². The van der Waals surface area contributed by atoms with Crippen molar-refractivity contribution in [3.05, 3.63) is 0 Å². The van der Waals surface area contributed by atoms with Gasteiger partial charge in [-0.05, 0) is 32.2 Å². The molecule has 2 nitrogen and oxygen atoms in total. The average Bonchev–Trinajstić information content (AvgIpc) is 2.14. The van der Waals surface area contributed by atoms with Crippen LogP contribution in [0.3, 0.4) is 0 Å². The van der Waals surface area contributed by atoms with Crippen molar-refractivity contribution in [2.24, 2.45) is 5.92 Å². The highest BCUT2D eigenvalue weighted by molar-refractivity contribution is 4.96. The zero-order valence-electron chi connectivity index (χ0n) is 7.73. The Hall–Kier alpha value is -0.520. The van der Waals surface area contributed by atoms with Crippen LogP contribution in [0.25, 0.3) is 0 Å². The third kappa shape index (κ3) is 3.75. The maximum absolute atomic E-state index is 5.27. The second-order valence-corrected chi connectivity index (χ2v) is 3.11. The second kappa shape index (κ2) is 6.05. The predicted molar refractivity (Wildman–Crippen MR) is 49.9 cm³/mol. The van der Waals surface area contributed by atoms with E-state index in [2.05, 4.69) is 17.2 Å². The van der Waals surface area contributed by atoms with Crippen molar-refractivity contribution in [3.8, 4) is 11.8 Å². The first kappa shape index (κ1) is 9.57. The Kier molecular flexibility index (Phi) is 4.82. The minimum atomic E-state index is 0.803. The van der Waals surface area contributed by atoms with Crippen molar-refractivity contribution in [1.29, 1.82) is 0 Å². The fraction of sp³-hybridized carbons (Fsp3) is 0.800. The summed E-state index contributed by atoms with van der Waals surface area (Å²) in [5.41, 5.74) is 0. The van der Waals surface area contributed by atoms with Gasteiger partial charge in [0, 0.05) is 13.2 Å².